The second kappa shape index (κ2) is 3.82. The van der Waals surface area contributed by atoms with E-state index in [1.807, 2.05) is 24.6 Å². The third-order valence-corrected chi connectivity index (χ3v) is 2.12. The van der Waals surface area contributed by atoms with E-state index >= 15 is 0 Å². The molecular weight excluding hydrogens is 192 g/mol. The Balaban J connectivity index is 2.32. The van der Waals surface area contributed by atoms with E-state index in [9.17, 15) is 0 Å². The van der Waals surface area contributed by atoms with Gasteiger partial charge in [0.25, 0.3) is 0 Å². The van der Waals surface area contributed by atoms with Crippen molar-refractivity contribution in [2.45, 2.75) is 13.0 Å². The Morgan fingerprint density at radius 2 is 2.40 bits per heavy atom. The van der Waals surface area contributed by atoms with E-state index in [0.29, 0.717) is 6.54 Å². The van der Waals surface area contributed by atoms with Crippen molar-refractivity contribution >= 4 is 17.1 Å². The van der Waals surface area contributed by atoms with E-state index in [2.05, 4.69) is 20.5 Å². The number of fused-ring (bicyclic) bond motifs is 1. The Kier molecular flexibility index (Phi) is 2.51. The number of nitrogens with zero attached hydrogens (tertiary/aromatic N) is 4. The van der Waals surface area contributed by atoms with Crippen LogP contribution in [0.5, 0.6) is 0 Å². The summed E-state index contributed by atoms with van der Waals surface area (Å²) in [6.07, 6.45) is 1.63. The second-order valence-corrected chi connectivity index (χ2v) is 3.59. The van der Waals surface area contributed by atoms with Crippen LogP contribution in [0.1, 0.15) is 6.92 Å². The number of aryl methyl sites for hydroxylation is 1. The highest BCUT2D eigenvalue weighted by Crippen LogP contribution is 2.13. The SMILES string of the molecule is CC(N)CNc1nc2ccnnc2n1C. The van der Waals surface area contributed by atoms with E-state index in [1.54, 1.807) is 6.20 Å². The maximum Gasteiger partial charge on any atom is 0.204 e. The molecule has 80 valence electrons. The van der Waals surface area contributed by atoms with Crippen LogP contribution in [0.3, 0.4) is 0 Å². The average molecular weight is 206 g/mol. The standard InChI is InChI=1S/C9H14N6/c1-6(10)5-11-9-13-7-3-4-12-14-8(7)15(9)2/h3-4,6H,5,10H2,1-2H3,(H,11,13). The van der Waals surface area contributed by atoms with E-state index in [0.717, 1.165) is 17.1 Å². The van der Waals surface area contributed by atoms with E-state index in [-0.39, 0.29) is 6.04 Å². The molecule has 0 radical (unpaired) electrons. The molecule has 3 N–H and O–H groups in total. The molecule has 0 saturated carbocycles. The van der Waals surface area contributed by atoms with E-state index in [4.69, 9.17) is 5.73 Å². The molecule has 15 heavy (non-hydrogen) atoms. The summed E-state index contributed by atoms with van der Waals surface area (Å²) in [6.45, 7) is 2.63. The summed E-state index contributed by atoms with van der Waals surface area (Å²) < 4.78 is 1.87. The minimum atomic E-state index is 0.0934. The van der Waals surface area contributed by atoms with Gasteiger partial charge in [0.2, 0.25) is 5.95 Å². The van der Waals surface area contributed by atoms with Crippen molar-refractivity contribution in [1.29, 1.82) is 0 Å². The van der Waals surface area contributed by atoms with Crippen molar-refractivity contribution in [3.63, 3.8) is 0 Å². The number of hydrogen-bond donors (Lipinski definition) is 2. The monoisotopic (exact) mass is 206 g/mol. The maximum atomic E-state index is 5.66. The average Bonchev–Trinajstić information content (AvgIpc) is 2.54. The topological polar surface area (TPSA) is 81.7 Å². The number of anilines is 1. The fourth-order valence-corrected chi connectivity index (χ4v) is 1.34. The Morgan fingerprint density at radius 1 is 1.60 bits per heavy atom. The lowest BCUT2D eigenvalue weighted by Crippen LogP contribution is -2.26. The summed E-state index contributed by atoms with van der Waals surface area (Å²) in [5.41, 5.74) is 7.26. The summed E-state index contributed by atoms with van der Waals surface area (Å²) in [6, 6.07) is 1.93. The van der Waals surface area contributed by atoms with Gasteiger partial charge in [0.15, 0.2) is 5.65 Å². The highest BCUT2D eigenvalue weighted by Gasteiger charge is 2.08. The van der Waals surface area contributed by atoms with Gasteiger partial charge >= 0.3 is 0 Å². The molecule has 0 aliphatic heterocycles. The first-order valence-corrected chi connectivity index (χ1v) is 4.82. The number of rotatable bonds is 3. The summed E-state index contributed by atoms with van der Waals surface area (Å²) in [5.74, 6) is 0.766. The van der Waals surface area contributed by atoms with Crippen LogP contribution < -0.4 is 11.1 Å². The fraction of sp³-hybridized carbons (Fsp3) is 0.444. The molecule has 2 aromatic rings. The molecule has 0 aliphatic carbocycles. The van der Waals surface area contributed by atoms with Crippen molar-refractivity contribution in [2.75, 3.05) is 11.9 Å². The van der Waals surface area contributed by atoms with Crippen molar-refractivity contribution < 1.29 is 0 Å². The van der Waals surface area contributed by atoms with Gasteiger partial charge in [0.05, 0.1) is 6.20 Å². The molecule has 0 aromatic carbocycles. The third kappa shape index (κ3) is 1.89. The number of nitrogens with two attached hydrogens (primary N) is 1. The van der Waals surface area contributed by atoms with Crippen molar-refractivity contribution in [1.82, 2.24) is 19.7 Å². The van der Waals surface area contributed by atoms with Gasteiger partial charge < -0.3 is 11.1 Å². The molecule has 0 bridgehead atoms. The van der Waals surface area contributed by atoms with Gasteiger partial charge in [-0.15, -0.1) is 5.10 Å². The largest absolute Gasteiger partial charge is 0.354 e. The van der Waals surface area contributed by atoms with Crippen molar-refractivity contribution in [3.8, 4) is 0 Å². The van der Waals surface area contributed by atoms with Crippen LogP contribution in [0.4, 0.5) is 5.95 Å². The molecular formula is C9H14N6. The maximum absolute atomic E-state index is 5.66. The predicted octanol–water partition coefficient (Wildman–Crippen LogP) is 0.122. The Morgan fingerprint density at radius 3 is 3.07 bits per heavy atom. The Hall–Kier alpha value is -1.69. The molecule has 6 nitrogen and oxygen atoms in total. The number of hydrogen-bond acceptors (Lipinski definition) is 5. The fourth-order valence-electron chi connectivity index (χ4n) is 1.34. The summed E-state index contributed by atoms with van der Waals surface area (Å²) in [4.78, 5) is 4.38. The Bertz CT molecular complexity index is 461. The minimum absolute atomic E-state index is 0.0934. The van der Waals surface area contributed by atoms with E-state index < -0.39 is 0 Å². The molecule has 2 heterocycles. The van der Waals surface area contributed by atoms with E-state index in [1.165, 1.54) is 0 Å². The predicted molar refractivity (Wildman–Crippen MR) is 58.4 cm³/mol. The molecule has 6 heteroatoms. The van der Waals surface area contributed by atoms with Crippen LogP contribution in [-0.2, 0) is 7.05 Å². The number of aromatic nitrogens is 4. The van der Waals surface area contributed by atoms with Crippen LogP contribution in [-0.4, -0.2) is 32.3 Å². The second-order valence-electron chi connectivity index (χ2n) is 3.59. The zero-order valence-corrected chi connectivity index (χ0v) is 8.81. The zero-order chi connectivity index (χ0) is 10.8. The molecule has 1 atom stereocenters. The number of nitrogens with one attached hydrogen (secondary N) is 1. The van der Waals surface area contributed by atoms with Crippen LogP contribution in [0.25, 0.3) is 11.2 Å². The lowest BCUT2D eigenvalue weighted by molar-refractivity contribution is 0.766. The van der Waals surface area contributed by atoms with Gasteiger partial charge in [-0.1, -0.05) is 0 Å². The van der Waals surface area contributed by atoms with Gasteiger partial charge in [-0.3, -0.25) is 4.57 Å². The molecule has 2 rings (SSSR count). The molecule has 0 fully saturated rings. The zero-order valence-electron chi connectivity index (χ0n) is 8.81. The summed E-state index contributed by atoms with van der Waals surface area (Å²) in [7, 11) is 1.90. The van der Waals surface area contributed by atoms with Gasteiger partial charge in [-0.2, -0.15) is 5.10 Å². The molecule has 2 aromatic heterocycles. The third-order valence-electron chi connectivity index (χ3n) is 2.12. The van der Waals surface area contributed by atoms with Crippen LogP contribution in [0, 0.1) is 0 Å². The summed E-state index contributed by atoms with van der Waals surface area (Å²) >= 11 is 0. The quantitative estimate of drug-likeness (QED) is 0.745. The highest BCUT2D eigenvalue weighted by atomic mass is 15.3. The first-order valence-electron chi connectivity index (χ1n) is 4.82. The first-order chi connectivity index (χ1) is 7.18. The lowest BCUT2D eigenvalue weighted by atomic mass is 10.4. The van der Waals surface area contributed by atoms with Crippen LogP contribution >= 0.6 is 0 Å². The number of imidazole rings is 1. The molecule has 0 spiro atoms. The Labute approximate surface area is 87.5 Å². The van der Waals surface area contributed by atoms with Gasteiger partial charge in [0.1, 0.15) is 5.52 Å². The van der Waals surface area contributed by atoms with Gasteiger partial charge in [0, 0.05) is 19.6 Å². The molecule has 0 aliphatic rings. The van der Waals surface area contributed by atoms with Crippen LogP contribution in [0.2, 0.25) is 0 Å². The first kappa shape index (κ1) is 9.85. The minimum Gasteiger partial charge on any atom is -0.354 e. The van der Waals surface area contributed by atoms with Crippen molar-refractivity contribution in [2.24, 2.45) is 12.8 Å². The lowest BCUT2D eigenvalue weighted by Gasteiger charge is -2.07. The normalized spacial score (nSPS) is 13.0. The van der Waals surface area contributed by atoms with Gasteiger partial charge in [-0.25, -0.2) is 4.98 Å². The van der Waals surface area contributed by atoms with Crippen molar-refractivity contribution in [3.05, 3.63) is 12.3 Å². The van der Waals surface area contributed by atoms with Crippen LogP contribution in [0.15, 0.2) is 12.3 Å². The molecule has 1 unspecified atom stereocenters. The highest BCUT2D eigenvalue weighted by molar-refractivity contribution is 5.73. The molecule has 0 saturated heterocycles. The molecule has 0 amide bonds. The van der Waals surface area contributed by atoms with Gasteiger partial charge in [-0.05, 0) is 13.0 Å². The summed E-state index contributed by atoms with van der Waals surface area (Å²) in [5, 5.41) is 11.0. The smallest absolute Gasteiger partial charge is 0.204 e.